The van der Waals surface area contributed by atoms with Crippen molar-refractivity contribution in [3.05, 3.63) is 58.5 Å². The van der Waals surface area contributed by atoms with Crippen LogP contribution in [0.2, 0.25) is 0 Å². The van der Waals surface area contributed by atoms with Crippen LogP contribution in [0.5, 0.6) is 11.5 Å². The summed E-state index contributed by atoms with van der Waals surface area (Å²) in [5.41, 5.74) is 0.652. The highest BCUT2D eigenvalue weighted by Gasteiger charge is 2.18. The highest BCUT2D eigenvalue weighted by atomic mass is 32.2. The lowest BCUT2D eigenvalue weighted by Gasteiger charge is -2.11. The summed E-state index contributed by atoms with van der Waals surface area (Å²) in [6, 6.07) is 11.8. The van der Waals surface area contributed by atoms with Gasteiger partial charge in [-0.05, 0) is 37.3 Å². The van der Waals surface area contributed by atoms with E-state index >= 15 is 0 Å². The number of nitro benzene ring substituents is 1. The van der Waals surface area contributed by atoms with Crippen LogP contribution in [0.15, 0.2) is 51.8 Å². The molecule has 0 bridgehead atoms. The van der Waals surface area contributed by atoms with Crippen molar-refractivity contribution < 1.29 is 18.8 Å². The average Bonchev–Trinajstić information content (AvgIpc) is 3.08. The second kappa shape index (κ2) is 7.89. The van der Waals surface area contributed by atoms with Gasteiger partial charge in [0.2, 0.25) is 11.8 Å². The molecule has 0 saturated heterocycles. The molecule has 2 aromatic carbocycles. The summed E-state index contributed by atoms with van der Waals surface area (Å²) in [5, 5.41) is 18.9. The van der Waals surface area contributed by atoms with Crippen LogP contribution in [-0.2, 0) is 0 Å². The van der Waals surface area contributed by atoms with Gasteiger partial charge in [-0.3, -0.25) is 10.1 Å². The van der Waals surface area contributed by atoms with Crippen LogP contribution in [0.1, 0.15) is 24.5 Å². The number of hydrogen-bond acceptors (Lipinski definition) is 8. The third-order valence-corrected chi connectivity index (χ3v) is 5.23. The first-order valence-corrected chi connectivity index (χ1v) is 9.62. The number of thioether (sulfide) groups is 1. The minimum Gasteiger partial charge on any atom is -0.490 e. The fourth-order valence-corrected chi connectivity index (χ4v) is 3.64. The van der Waals surface area contributed by atoms with Crippen molar-refractivity contribution in [2.75, 3.05) is 13.2 Å². The van der Waals surface area contributed by atoms with Crippen LogP contribution in [0.25, 0.3) is 11.5 Å². The molecular weight excluding hydrogens is 382 g/mol. The summed E-state index contributed by atoms with van der Waals surface area (Å²) < 4.78 is 17.1. The summed E-state index contributed by atoms with van der Waals surface area (Å²) in [5.74, 6) is 2.31. The third kappa shape index (κ3) is 3.94. The lowest BCUT2D eigenvalue weighted by molar-refractivity contribution is -0.384. The largest absolute Gasteiger partial charge is 0.490 e. The fourth-order valence-electron chi connectivity index (χ4n) is 2.71. The van der Waals surface area contributed by atoms with E-state index in [1.807, 2.05) is 25.1 Å². The van der Waals surface area contributed by atoms with Crippen molar-refractivity contribution in [2.24, 2.45) is 0 Å². The van der Waals surface area contributed by atoms with Gasteiger partial charge in [-0.1, -0.05) is 0 Å². The van der Waals surface area contributed by atoms with E-state index in [2.05, 4.69) is 10.2 Å². The van der Waals surface area contributed by atoms with Gasteiger partial charge in [0.15, 0.2) is 11.5 Å². The highest BCUT2D eigenvalue weighted by Crippen LogP contribution is 2.39. The Morgan fingerprint density at radius 2 is 1.82 bits per heavy atom. The van der Waals surface area contributed by atoms with Crippen LogP contribution in [-0.4, -0.2) is 28.3 Å². The third-order valence-electron chi connectivity index (χ3n) is 4.15. The molecule has 4 rings (SSSR count). The first-order valence-electron chi connectivity index (χ1n) is 8.75. The van der Waals surface area contributed by atoms with Crippen LogP contribution in [0, 0.1) is 10.1 Å². The lowest BCUT2D eigenvalue weighted by Crippen LogP contribution is -1.97. The molecule has 144 valence electrons. The number of nitro groups is 1. The number of fused-ring (bicyclic) bond motifs is 1. The summed E-state index contributed by atoms with van der Waals surface area (Å²) in [7, 11) is 0. The normalized spacial score (nSPS) is 14.3. The molecule has 28 heavy (non-hydrogen) atoms. The minimum absolute atomic E-state index is 0.0156. The summed E-state index contributed by atoms with van der Waals surface area (Å²) >= 11 is 1.57. The molecule has 1 aliphatic rings. The Morgan fingerprint density at radius 3 is 2.57 bits per heavy atom. The van der Waals surface area contributed by atoms with E-state index in [-0.39, 0.29) is 10.9 Å². The van der Waals surface area contributed by atoms with E-state index < -0.39 is 4.92 Å². The SMILES string of the molecule is C[C@@H](Sc1ccc2c(c1)OCCCO2)c1nnc(-c2ccc([N+](=O)[O-])cc2)o1. The van der Waals surface area contributed by atoms with Gasteiger partial charge in [-0.25, -0.2) is 0 Å². The zero-order chi connectivity index (χ0) is 19.5. The molecule has 0 unspecified atom stereocenters. The Balaban J connectivity index is 1.48. The van der Waals surface area contributed by atoms with Gasteiger partial charge < -0.3 is 13.9 Å². The Bertz CT molecular complexity index is 989. The Morgan fingerprint density at radius 1 is 1.07 bits per heavy atom. The number of non-ortho nitro benzene ring substituents is 1. The molecular formula is C19H17N3O5S. The van der Waals surface area contributed by atoms with Gasteiger partial charge in [0.05, 0.1) is 23.4 Å². The van der Waals surface area contributed by atoms with Crippen LogP contribution in [0.3, 0.4) is 0 Å². The summed E-state index contributed by atoms with van der Waals surface area (Å²) in [4.78, 5) is 11.3. The Kier molecular flexibility index (Phi) is 5.16. The molecule has 0 saturated carbocycles. The van der Waals surface area contributed by atoms with Gasteiger partial charge in [-0.15, -0.1) is 22.0 Å². The molecule has 9 heteroatoms. The number of benzene rings is 2. The van der Waals surface area contributed by atoms with Crippen LogP contribution >= 0.6 is 11.8 Å². The van der Waals surface area contributed by atoms with Crippen molar-refractivity contribution in [3.8, 4) is 23.0 Å². The monoisotopic (exact) mass is 399 g/mol. The van der Waals surface area contributed by atoms with Gasteiger partial charge >= 0.3 is 0 Å². The average molecular weight is 399 g/mol. The number of nitrogens with zero attached hydrogens (tertiary/aromatic N) is 3. The zero-order valence-corrected chi connectivity index (χ0v) is 15.8. The second-order valence-corrected chi connectivity index (χ2v) is 7.58. The summed E-state index contributed by atoms with van der Waals surface area (Å²) in [6.07, 6.45) is 0.862. The van der Waals surface area contributed by atoms with Crippen molar-refractivity contribution in [3.63, 3.8) is 0 Å². The molecule has 1 aromatic heterocycles. The van der Waals surface area contributed by atoms with Gasteiger partial charge in [0.1, 0.15) is 0 Å². The van der Waals surface area contributed by atoms with Gasteiger partial charge in [-0.2, -0.15) is 0 Å². The number of rotatable bonds is 5. The maximum atomic E-state index is 10.8. The summed E-state index contributed by atoms with van der Waals surface area (Å²) in [6.45, 7) is 3.27. The molecule has 1 atom stereocenters. The number of ether oxygens (including phenoxy) is 2. The van der Waals surface area contributed by atoms with E-state index in [9.17, 15) is 10.1 Å². The van der Waals surface area contributed by atoms with Crippen molar-refractivity contribution in [1.29, 1.82) is 0 Å². The molecule has 0 N–H and O–H groups in total. The molecule has 2 heterocycles. The highest BCUT2D eigenvalue weighted by molar-refractivity contribution is 7.99. The molecule has 0 amide bonds. The molecule has 8 nitrogen and oxygen atoms in total. The molecule has 0 radical (unpaired) electrons. The fraction of sp³-hybridized carbons (Fsp3) is 0.263. The second-order valence-electron chi connectivity index (χ2n) is 6.17. The lowest BCUT2D eigenvalue weighted by atomic mass is 10.2. The minimum atomic E-state index is -0.447. The van der Waals surface area contributed by atoms with E-state index in [4.69, 9.17) is 13.9 Å². The van der Waals surface area contributed by atoms with Crippen LogP contribution in [0.4, 0.5) is 5.69 Å². The maximum Gasteiger partial charge on any atom is 0.269 e. The van der Waals surface area contributed by atoms with Crippen molar-refractivity contribution >= 4 is 17.4 Å². The van der Waals surface area contributed by atoms with Crippen molar-refractivity contribution in [2.45, 2.75) is 23.5 Å². The van der Waals surface area contributed by atoms with E-state index in [0.29, 0.717) is 30.6 Å². The van der Waals surface area contributed by atoms with Gasteiger partial charge in [0.25, 0.3) is 5.69 Å². The Hall–Kier alpha value is -3.07. The molecule has 0 aliphatic carbocycles. The van der Waals surface area contributed by atoms with Crippen LogP contribution < -0.4 is 9.47 Å². The number of aromatic nitrogens is 2. The smallest absolute Gasteiger partial charge is 0.269 e. The molecule has 0 spiro atoms. The van der Waals surface area contributed by atoms with Gasteiger partial charge in [0, 0.05) is 29.0 Å². The van der Waals surface area contributed by atoms with Crippen molar-refractivity contribution in [1.82, 2.24) is 10.2 Å². The predicted octanol–water partition coefficient (Wildman–Crippen LogP) is 4.66. The molecule has 3 aromatic rings. The standard InChI is InChI=1S/C19H17N3O5S/c1-12(28-15-7-8-16-17(11-15)26-10-2-9-25-16)18-20-21-19(27-18)13-3-5-14(6-4-13)22(23)24/h3-8,11-12H,2,9-10H2,1H3/t12-/m1/s1. The predicted molar refractivity (Wildman–Crippen MR) is 103 cm³/mol. The Labute approximate surface area is 165 Å². The zero-order valence-electron chi connectivity index (χ0n) is 15.0. The molecule has 0 fully saturated rings. The van der Waals surface area contributed by atoms with E-state index in [1.54, 1.807) is 23.9 Å². The number of hydrogen-bond donors (Lipinski definition) is 0. The quantitative estimate of drug-likeness (QED) is 0.347. The van der Waals surface area contributed by atoms with E-state index in [1.165, 1.54) is 12.1 Å². The maximum absolute atomic E-state index is 10.8. The topological polar surface area (TPSA) is 101 Å². The first kappa shape index (κ1) is 18.3. The first-order chi connectivity index (χ1) is 13.6. The molecule has 1 aliphatic heterocycles. The van der Waals surface area contributed by atoms with E-state index in [0.717, 1.165) is 22.8 Å².